The van der Waals surface area contributed by atoms with Crippen LogP contribution in [-0.4, -0.2) is 48.2 Å². The molecular weight excluding hydrogens is 340 g/mol. The molecule has 1 atom stereocenters. The molecule has 0 aromatic heterocycles. The first-order valence-corrected chi connectivity index (χ1v) is 10.4. The van der Waals surface area contributed by atoms with Crippen LogP contribution in [0.25, 0.3) is 0 Å². The number of nitrogens with zero attached hydrogens (tertiary/aromatic N) is 1. The van der Waals surface area contributed by atoms with Crippen LogP contribution in [0.2, 0.25) is 0 Å². The third-order valence-electron chi connectivity index (χ3n) is 5.42. The second kappa shape index (κ2) is 14.0. The van der Waals surface area contributed by atoms with E-state index in [-0.39, 0.29) is 14.4 Å². The van der Waals surface area contributed by atoms with E-state index in [9.17, 15) is 4.79 Å². The number of hydroxylamine groups is 1. The van der Waals surface area contributed by atoms with Crippen LogP contribution in [0.15, 0.2) is 11.9 Å². The third-order valence-corrected chi connectivity index (χ3v) is 5.42. The summed E-state index contributed by atoms with van der Waals surface area (Å²) in [5.41, 5.74) is 1.40. The molecule has 2 fully saturated rings. The van der Waals surface area contributed by atoms with Crippen molar-refractivity contribution in [2.45, 2.75) is 85.1 Å². The number of unbranched alkanes of at least 4 members (excludes halogenated alkanes) is 2. The van der Waals surface area contributed by atoms with E-state index in [1.54, 1.807) is 5.48 Å². The molecule has 2 rings (SSSR count). The average molecular weight is 387 g/mol. The van der Waals surface area contributed by atoms with Gasteiger partial charge < -0.3 is 15.8 Å². The highest BCUT2D eigenvalue weighted by molar-refractivity contribution is 5.90. The molecule has 2 saturated heterocycles. The number of nitrogens with one attached hydrogen (secondary N) is 3. The molecule has 162 valence electrons. The number of rotatable bonds is 9. The molecule has 0 spiro atoms. The van der Waals surface area contributed by atoms with Crippen LogP contribution in [0.5, 0.6) is 0 Å². The first-order chi connectivity index (χ1) is 12.6. The standard InChI is InChI=1S/C19H35N3O.CH5NO.CH4.H2/c1-4-7-11-19(12-8-5-2)18(23)22(17(6-3)21-19)14-10-16-9-13-20-15-16;1-2-3;;/h6,16,20-21H,4-5,7-15H2,1-3H3;2-3H,1H3;1H4;1H/b17-6+;;;. The summed E-state index contributed by atoms with van der Waals surface area (Å²) in [6, 6.07) is 0. The molecule has 0 bridgehead atoms. The molecule has 1 unspecified atom stereocenters. The van der Waals surface area contributed by atoms with Crippen LogP contribution >= 0.6 is 0 Å². The topological polar surface area (TPSA) is 76.6 Å². The Morgan fingerprint density at radius 1 is 1.33 bits per heavy atom. The minimum atomic E-state index is -0.345. The molecule has 4 N–H and O–H groups in total. The van der Waals surface area contributed by atoms with E-state index in [0.29, 0.717) is 5.91 Å². The normalized spacial score (nSPS) is 22.3. The summed E-state index contributed by atoms with van der Waals surface area (Å²) in [5, 5.41) is 14.4. The first-order valence-electron chi connectivity index (χ1n) is 10.4. The second-order valence-electron chi connectivity index (χ2n) is 7.42. The van der Waals surface area contributed by atoms with E-state index in [0.717, 1.165) is 76.3 Å². The van der Waals surface area contributed by atoms with Gasteiger partial charge in [0.1, 0.15) is 11.4 Å². The number of hydrogen-bond donors (Lipinski definition) is 4. The Morgan fingerprint density at radius 3 is 2.37 bits per heavy atom. The van der Waals surface area contributed by atoms with Crippen LogP contribution in [0.1, 0.15) is 81.0 Å². The quantitative estimate of drug-likeness (QED) is 0.453. The number of carbonyl (C=O) groups is 1. The number of carbonyl (C=O) groups excluding carboxylic acids is 1. The Hall–Kier alpha value is -1.11. The fourth-order valence-corrected chi connectivity index (χ4v) is 3.88. The minimum absolute atomic E-state index is 0. The van der Waals surface area contributed by atoms with Gasteiger partial charge in [0.15, 0.2) is 0 Å². The van der Waals surface area contributed by atoms with Crippen molar-refractivity contribution in [3.8, 4) is 0 Å². The van der Waals surface area contributed by atoms with E-state index in [2.05, 4.69) is 30.6 Å². The van der Waals surface area contributed by atoms with Gasteiger partial charge in [-0.05, 0) is 57.7 Å². The molecule has 0 aliphatic carbocycles. The molecule has 2 heterocycles. The van der Waals surface area contributed by atoms with Crippen molar-refractivity contribution in [2.24, 2.45) is 5.92 Å². The SMILES string of the molecule is C.C/C=C1\NC(CCCC)(CCCC)C(=O)N1CCC1CCNC1.CNO.[HH]. The summed E-state index contributed by atoms with van der Waals surface area (Å²) in [6.07, 6.45) is 10.8. The monoisotopic (exact) mass is 386 g/mol. The molecule has 27 heavy (non-hydrogen) atoms. The van der Waals surface area contributed by atoms with E-state index < -0.39 is 0 Å². The fraction of sp³-hybridized carbons (Fsp3) is 0.857. The molecule has 0 saturated carbocycles. The third kappa shape index (κ3) is 7.43. The van der Waals surface area contributed by atoms with Crippen LogP contribution in [-0.2, 0) is 4.79 Å². The van der Waals surface area contributed by atoms with Gasteiger partial charge in [-0.1, -0.05) is 47.0 Å². The Bertz CT molecular complexity index is 432. The van der Waals surface area contributed by atoms with Gasteiger partial charge in [-0.15, -0.1) is 0 Å². The van der Waals surface area contributed by atoms with E-state index >= 15 is 0 Å². The van der Waals surface area contributed by atoms with Gasteiger partial charge in [-0.25, -0.2) is 5.48 Å². The van der Waals surface area contributed by atoms with Crippen LogP contribution in [0.3, 0.4) is 0 Å². The molecule has 6 heteroatoms. The van der Waals surface area contributed by atoms with Gasteiger partial charge in [0.05, 0.1) is 0 Å². The van der Waals surface area contributed by atoms with Crippen LogP contribution in [0, 0.1) is 5.92 Å². The lowest BCUT2D eigenvalue weighted by Crippen LogP contribution is -2.46. The summed E-state index contributed by atoms with van der Waals surface area (Å²) in [5.74, 6) is 2.08. The van der Waals surface area contributed by atoms with Crippen molar-refractivity contribution in [2.75, 3.05) is 26.7 Å². The Morgan fingerprint density at radius 2 is 1.93 bits per heavy atom. The maximum atomic E-state index is 13.2. The predicted octanol–water partition coefficient (Wildman–Crippen LogP) is 3.88. The lowest BCUT2D eigenvalue weighted by atomic mass is 9.87. The van der Waals surface area contributed by atoms with Gasteiger partial charge in [-0.2, -0.15) is 0 Å². The maximum absolute atomic E-state index is 13.2. The number of amides is 1. The van der Waals surface area contributed by atoms with Crippen molar-refractivity contribution in [1.82, 2.24) is 21.0 Å². The zero-order valence-electron chi connectivity index (χ0n) is 17.2. The summed E-state index contributed by atoms with van der Waals surface area (Å²) in [6.45, 7) is 9.54. The molecule has 2 aliphatic rings. The number of hydrogen-bond acceptors (Lipinski definition) is 5. The summed E-state index contributed by atoms with van der Waals surface area (Å²) >= 11 is 0. The largest absolute Gasteiger partial charge is 0.358 e. The van der Waals surface area contributed by atoms with E-state index in [4.69, 9.17) is 5.21 Å². The van der Waals surface area contributed by atoms with Gasteiger partial charge in [0.2, 0.25) is 0 Å². The average Bonchev–Trinajstić information content (AvgIpc) is 3.24. The zero-order chi connectivity index (χ0) is 19.4. The van der Waals surface area contributed by atoms with Gasteiger partial charge in [0.25, 0.3) is 5.91 Å². The van der Waals surface area contributed by atoms with Crippen molar-refractivity contribution in [3.05, 3.63) is 11.9 Å². The molecule has 2 aliphatic heterocycles. The van der Waals surface area contributed by atoms with Crippen molar-refractivity contribution < 1.29 is 11.4 Å². The second-order valence-corrected chi connectivity index (χ2v) is 7.42. The molecule has 6 nitrogen and oxygen atoms in total. The fourth-order valence-electron chi connectivity index (χ4n) is 3.88. The molecule has 1 amide bonds. The van der Waals surface area contributed by atoms with E-state index in [1.165, 1.54) is 13.5 Å². The van der Waals surface area contributed by atoms with Crippen molar-refractivity contribution >= 4 is 5.91 Å². The van der Waals surface area contributed by atoms with Gasteiger partial charge in [0, 0.05) is 15.0 Å². The van der Waals surface area contributed by atoms with Gasteiger partial charge >= 0.3 is 0 Å². The lowest BCUT2D eigenvalue weighted by molar-refractivity contribution is -0.132. The Labute approximate surface area is 168 Å². The van der Waals surface area contributed by atoms with Crippen molar-refractivity contribution in [3.63, 3.8) is 0 Å². The summed E-state index contributed by atoms with van der Waals surface area (Å²) in [4.78, 5) is 15.3. The highest BCUT2D eigenvalue weighted by Crippen LogP contribution is 2.33. The highest BCUT2D eigenvalue weighted by atomic mass is 16.5. The van der Waals surface area contributed by atoms with E-state index in [1.807, 2.05) is 11.8 Å². The molecular formula is C21H46N4O2. The predicted molar refractivity (Wildman–Crippen MR) is 116 cm³/mol. The molecule has 0 aromatic rings. The van der Waals surface area contributed by atoms with Crippen LogP contribution in [0.4, 0.5) is 0 Å². The zero-order valence-corrected chi connectivity index (χ0v) is 17.2. The van der Waals surface area contributed by atoms with Gasteiger partial charge in [-0.3, -0.25) is 9.69 Å². The molecule has 0 aromatic carbocycles. The van der Waals surface area contributed by atoms with Crippen LogP contribution < -0.4 is 16.1 Å². The highest BCUT2D eigenvalue weighted by Gasteiger charge is 2.47. The minimum Gasteiger partial charge on any atom is -0.358 e. The maximum Gasteiger partial charge on any atom is 0.253 e. The Balaban J connectivity index is 0. The summed E-state index contributed by atoms with van der Waals surface area (Å²) in [7, 11) is 1.43. The Kier molecular flexibility index (Phi) is 13.4. The smallest absolute Gasteiger partial charge is 0.253 e. The molecule has 0 radical (unpaired) electrons. The summed E-state index contributed by atoms with van der Waals surface area (Å²) < 4.78 is 0. The van der Waals surface area contributed by atoms with Crippen molar-refractivity contribution in [1.29, 1.82) is 0 Å². The first kappa shape index (κ1) is 25.9. The number of allylic oxidation sites excluding steroid dienone is 1. The lowest BCUT2D eigenvalue weighted by Gasteiger charge is -2.27.